The van der Waals surface area contributed by atoms with Gasteiger partial charge in [-0.3, -0.25) is 4.79 Å². The Bertz CT molecular complexity index is 1390. The van der Waals surface area contributed by atoms with Crippen LogP contribution in [0, 0.1) is 5.92 Å². The minimum absolute atomic E-state index is 0.0984. The standard InChI is InChI=1S/C28H36N6O4/c1-3-37-14-15-38-13-5-7-22(35)18-9-11-19(12-10-18)28-33-25(26-27(29)30-17-31-34(26)28)21-16-20-6-4-8-23(36-2)24(20)32-21/h4,6,8,16-19,32H,3,5,7,9-15H2,1-2H3,(H2,29,30,31). The second-order valence-corrected chi connectivity index (χ2v) is 9.76. The highest BCUT2D eigenvalue weighted by atomic mass is 16.5. The predicted octanol–water partition coefficient (Wildman–Crippen LogP) is 4.54. The van der Waals surface area contributed by atoms with Gasteiger partial charge in [0.25, 0.3) is 0 Å². The number of nitrogen functional groups attached to an aromatic ring is 1. The topological polar surface area (TPSA) is 130 Å². The Morgan fingerprint density at radius 1 is 1.16 bits per heavy atom. The molecule has 0 radical (unpaired) electrons. The molecule has 3 heterocycles. The molecule has 0 bridgehead atoms. The zero-order valence-corrected chi connectivity index (χ0v) is 22.1. The molecular formula is C28H36N6O4. The van der Waals surface area contributed by atoms with Crippen LogP contribution >= 0.6 is 0 Å². The number of nitrogens with zero attached hydrogens (tertiary/aromatic N) is 4. The number of hydrogen-bond acceptors (Lipinski definition) is 8. The SMILES string of the molecule is CCOCCOCCCC(=O)C1CCC(c2nc(-c3cc4cccc(OC)c4[nH]3)c3c(N)ncnn23)CC1. The van der Waals surface area contributed by atoms with Gasteiger partial charge in [-0.05, 0) is 51.2 Å². The molecule has 0 spiro atoms. The number of aromatic amines is 1. The average molecular weight is 521 g/mol. The summed E-state index contributed by atoms with van der Waals surface area (Å²) in [6, 6.07) is 7.96. The maximum Gasteiger partial charge on any atom is 0.153 e. The number of carbonyl (C=O) groups is 1. The number of rotatable bonds is 12. The molecule has 1 aliphatic carbocycles. The van der Waals surface area contributed by atoms with E-state index in [2.05, 4.69) is 15.1 Å². The maximum absolute atomic E-state index is 12.8. The zero-order chi connectivity index (χ0) is 26.5. The fraction of sp³-hybridized carbons (Fsp3) is 0.500. The second-order valence-electron chi connectivity index (χ2n) is 9.76. The van der Waals surface area contributed by atoms with Crippen molar-refractivity contribution in [1.29, 1.82) is 0 Å². The molecule has 0 amide bonds. The van der Waals surface area contributed by atoms with Crippen LogP contribution in [0.15, 0.2) is 30.6 Å². The monoisotopic (exact) mass is 520 g/mol. The van der Waals surface area contributed by atoms with E-state index in [0.717, 1.165) is 66.0 Å². The lowest BCUT2D eigenvalue weighted by molar-refractivity contribution is -0.124. The van der Waals surface area contributed by atoms with Gasteiger partial charge in [-0.25, -0.2) is 14.5 Å². The zero-order valence-electron chi connectivity index (χ0n) is 22.1. The average Bonchev–Trinajstić information content (AvgIpc) is 3.55. The number of aromatic nitrogens is 5. The normalized spacial score (nSPS) is 17.8. The van der Waals surface area contributed by atoms with E-state index in [1.54, 1.807) is 7.11 Å². The van der Waals surface area contributed by atoms with Gasteiger partial charge in [-0.15, -0.1) is 0 Å². The molecule has 10 heteroatoms. The molecule has 3 N–H and O–H groups in total. The molecule has 0 unspecified atom stereocenters. The third-order valence-electron chi connectivity index (χ3n) is 7.41. The fourth-order valence-electron chi connectivity index (χ4n) is 5.45. The van der Waals surface area contributed by atoms with Crippen LogP contribution in [0.5, 0.6) is 5.75 Å². The third-order valence-corrected chi connectivity index (χ3v) is 7.41. The minimum Gasteiger partial charge on any atom is -0.495 e. The van der Waals surface area contributed by atoms with E-state index in [1.165, 1.54) is 6.33 Å². The van der Waals surface area contributed by atoms with Crippen molar-refractivity contribution in [1.82, 2.24) is 24.6 Å². The molecule has 0 saturated heterocycles. The van der Waals surface area contributed by atoms with Crippen LogP contribution in [0.25, 0.3) is 27.8 Å². The quantitative estimate of drug-likeness (QED) is 0.261. The van der Waals surface area contributed by atoms with Crippen molar-refractivity contribution in [3.63, 3.8) is 0 Å². The van der Waals surface area contributed by atoms with Crippen molar-refractivity contribution in [2.75, 3.05) is 39.3 Å². The Kier molecular flexibility index (Phi) is 8.19. The molecule has 4 aromatic rings. The number of fused-ring (bicyclic) bond motifs is 2. The molecule has 1 aromatic carbocycles. The van der Waals surface area contributed by atoms with E-state index in [1.807, 2.05) is 35.7 Å². The number of nitrogens with two attached hydrogens (primary N) is 1. The Morgan fingerprint density at radius 3 is 2.76 bits per heavy atom. The van der Waals surface area contributed by atoms with Crippen LogP contribution in [-0.4, -0.2) is 63.9 Å². The number of benzene rings is 1. The van der Waals surface area contributed by atoms with Crippen LogP contribution in [0.4, 0.5) is 5.82 Å². The van der Waals surface area contributed by atoms with Crippen molar-refractivity contribution >= 4 is 28.0 Å². The summed E-state index contributed by atoms with van der Waals surface area (Å²) in [6.45, 7) is 4.43. The summed E-state index contributed by atoms with van der Waals surface area (Å²) >= 11 is 0. The molecule has 1 aliphatic rings. The number of H-pyrrole nitrogens is 1. The van der Waals surface area contributed by atoms with Crippen molar-refractivity contribution in [2.45, 2.75) is 51.4 Å². The Labute approximate surface area is 221 Å². The Hall–Kier alpha value is -3.50. The first-order valence-electron chi connectivity index (χ1n) is 13.4. The lowest BCUT2D eigenvalue weighted by Gasteiger charge is -2.26. The molecule has 3 aromatic heterocycles. The first-order chi connectivity index (χ1) is 18.6. The smallest absolute Gasteiger partial charge is 0.153 e. The molecular weight excluding hydrogens is 484 g/mol. The van der Waals surface area contributed by atoms with Gasteiger partial charge in [-0.1, -0.05) is 12.1 Å². The van der Waals surface area contributed by atoms with Crippen LogP contribution in [-0.2, 0) is 14.3 Å². The molecule has 1 fully saturated rings. The Morgan fingerprint density at radius 2 is 1.97 bits per heavy atom. The number of carbonyl (C=O) groups excluding carboxylic acids is 1. The summed E-state index contributed by atoms with van der Waals surface area (Å²) < 4.78 is 18.2. The Balaban J connectivity index is 1.29. The fourth-order valence-corrected chi connectivity index (χ4v) is 5.45. The summed E-state index contributed by atoms with van der Waals surface area (Å²) in [5, 5.41) is 5.54. The molecule has 202 valence electrons. The summed E-state index contributed by atoms with van der Waals surface area (Å²) in [7, 11) is 1.66. The lowest BCUT2D eigenvalue weighted by Crippen LogP contribution is -2.22. The van der Waals surface area contributed by atoms with Gasteiger partial charge in [-0.2, -0.15) is 5.10 Å². The predicted molar refractivity (Wildman–Crippen MR) is 145 cm³/mol. The first kappa shape index (κ1) is 26.1. The number of ether oxygens (including phenoxy) is 3. The number of Topliss-reactive ketones (excluding diaryl/α,β-unsaturated/α-hetero) is 1. The number of anilines is 1. The number of ketones is 1. The molecule has 38 heavy (non-hydrogen) atoms. The van der Waals surface area contributed by atoms with Crippen LogP contribution in [0.2, 0.25) is 0 Å². The van der Waals surface area contributed by atoms with E-state index in [4.69, 9.17) is 24.9 Å². The van der Waals surface area contributed by atoms with Crippen molar-refractivity contribution in [2.24, 2.45) is 5.92 Å². The summed E-state index contributed by atoms with van der Waals surface area (Å²) in [5.41, 5.74) is 9.48. The van der Waals surface area contributed by atoms with Gasteiger partial charge >= 0.3 is 0 Å². The van der Waals surface area contributed by atoms with E-state index < -0.39 is 0 Å². The van der Waals surface area contributed by atoms with Gasteiger partial charge < -0.3 is 24.9 Å². The van der Waals surface area contributed by atoms with Crippen LogP contribution < -0.4 is 10.5 Å². The first-order valence-corrected chi connectivity index (χ1v) is 13.4. The molecule has 0 atom stereocenters. The number of para-hydroxylation sites is 1. The van der Waals surface area contributed by atoms with Gasteiger partial charge in [0, 0.05) is 36.9 Å². The minimum atomic E-state index is 0.0984. The van der Waals surface area contributed by atoms with E-state index in [9.17, 15) is 4.79 Å². The highest BCUT2D eigenvalue weighted by Gasteiger charge is 2.31. The van der Waals surface area contributed by atoms with Crippen LogP contribution in [0.3, 0.4) is 0 Å². The van der Waals surface area contributed by atoms with E-state index in [-0.39, 0.29) is 11.8 Å². The third kappa shape index (κ3) is 5.37. The summed E-state index contributed by atoms with van der Waals surface area (Å²) in [4.78, 5) is 25.6. The van der Waals surface area contributed by atoms with Gasteiger partial charge in [0.05, 0.1) is 31.5 Å². The second kappa shape index (κ2) is 11.9. The molecule has 1 saturated carbocycles. The number of hydrogen-bond donors (Lipinski definition) is 2. The highest BCUT2D eigenvalue weighted by Crippen LogP contribution is 2.39. The number of imidazole rings is 1. The van der Waals surface area contributed by atoms with Crippen molar-refractivity contribution < 1.29 is 19.0 Å². The molecule has 10 nitrogen and oxygen atoms in total. The molecule has 0 aliphatic heterocycles. The molecule has 5 rings (SSSR count). The lowest BCUT2D eigenvalue weighted by atomic mass is 9.79. The van der Waals surface area contributed by atoms with Gasteiger partial charge in [0.1, 0.15) is 34.9 Å². The van der Waals surface area contributed by atoms with Gasteiger partial charge in [0.15, 0.2) is 5.82 Å². The van der Waals surface area contributed by atoms with Crippen molar-refractivity contribution in [3.8, 4) is 17.1 Å². The largest absolute Gasteiger partial charge is 0.495 e. The highest BCUT2D eigenvalue weighted by molar-refractivity contribution is 5.93. The summed E-state index contributed by atoms with van der Waals surface area (Å²) in [6.07, 6.45) is 6.25. The van der Waals surface area contributed by atoms with Crippen LogP contribution in [0.1, 0.15) is 57.2 Å². The number of methoxy groups -OCH3 is 1. The van der Waals surface area contributed by atoms with Crippen molar-refractivity contribution in [3.05, 3.63) is 36.4 Å². The maximum atomic E-state index is 12.8. The van der Waals surface area contributed by atoms with E-state index in [0.29, 0.717) is 50.0 Å². The number of nitrogens with one attached hydrogen (secondary N) is 1. The summed E-state index contributed by atoms with van der Waals surface area (Å²) in [5.74, 6) is 2.64. The van der Waals surface area contributed by atoms with Gasteiger partial charge in [0.2, 0.25) is 0 Å². The van der Waals surface area contributed by atoms with E-state index >= 15 is 0 Å².